The van der Waals surface area contributed by atoms with Gasteiger partial charge in [-0.1, -0.05) is 39.5 Å². The third-order valence-electron chi connectivity index (χ3n) is 2.36. The molecule has 0 aromatic rings. The molecule has 2 unspecified atom stereocenters. The molecule has 1 fully saturated rings. The second-order valence-corrected chi connectivity index (χ2v) is 3.27. The standard InChI is InChI=1S/C9H17.Li/c1-3-9-6-4-5-8(2)7-9;/h7-9H,3-6H2,1-2H3;/q-1;+1. The van der Waals surface area contributed by atoms with Crippen LogP contribution in [0.2, 0.25) is 0 Å². The molecule has 0 aromatic heterocycles. The molecular weight excluding hydrogens is 115 g/mol. The van der Waals surface area contributed by atoms with Gasteiger partial charge in [0.25, 0.3) is 0 Å². The van der Waals surface area contributed by atoms with Crippen molar-refractivity contribution in [1.82, 2.24) is 0 Å². The number of hydrogen-bond acceptors (Lipinski definition) is 0. The third kappa shape index (κ3) is 3.13. The summed E-state index contributed by atoms with van der Waals surface area (Å²) in [5, 5.41) is 0. The molecule has 0 spiro atoms. The quantitative estimate of drug-likeness (QED) is 0.349. The molecule has 0 aliphatic heterocycles. The first-order chi connectivity index (χ1) is 4.33. The molecule has 1 aliphatic carbocycles. The predicted octanol–water partition coefficient (Wildman–Crippen LogP) is 0.0409. The van der Waals surface area contributed by atoms with E-state index in [2.05, 4.69) is 20.3 Å². The Bertz CT molecular complexity index is 80.8. The zero-order valence-electron chi connectivity index (χ0n) is 7.56. The Morgan fingerprint density at radius 2 is 2.10 bits per heavy atom. The molecule has 54 valence electrons. The van der Waals surface area contributed by atoms with E-state index in [1.54, 1.807) is 0 Å². The summed E-state index contributed by atoms with van der Waals surface area (Å²) in [5.41, 5.74) is 0. The van der Waals surface area contributed by atoms with Crippen molar-refractivity contribution < 1.29 is 18.9 Å². The van der Waals surface area contributed by atoms with E-state index in [1.165, 1.54) is 25.7 Å². The van der Waals surface area contributed by atoms with Crippen molar-refractivity contribution in [3.8, 4) is 0 Å². The van der Waals surface area contributed by atoms with Crippen molar-refractivity contribution in [2.45, 2.75) is 39.5 Å². The first-order valence-corrected chi connectivity index (χ1v) is 4.18. The zero-order chi connectivity index (χ0) is 6.69. The van der Waals surface area contributed by atoms with Crippen LogP contribution in [0.4, 0.5) is 0 Å². The molecule has 1 aliphatic rings. The minimum absolute atomic E-state index is 0. The van der Waals surface area contributed by atoms with Crippen LogP contribution in [0.25, 0.3) is 0 Å². The van der Waals surface area contributed by atoms with Gasteiger partial charge in [0.1, 0.15) is 0 Å². The van der Waals surface area contributed by atoms with E-state index >= 15 is 0 Å². The van der Waals surface area contributed by atoms with Crippen LogP contribution >= 0.6 is 0 Å². The summed E-state index contributed by atoms with van der Waals surface area (Å²) in [6, 6.07) is 0. The summed E-state index contributed by atoms with van der Waals surface area (Å²) in [6.07, 6.45) is 8.21. The van der Waals surface area contributed by atoms with Gasteiger partial charge >= 0.3 is 18.9 Å². The number of rotatable bonds is 1. The van der Waals surface area contributed by atoms with Gasteiger partial charge in [0.2, 0.25) is 0 Å². The topological polar surface area (TPSA) is 0 Å². The zero-order valence-corrected chi connectivity index (χ0v) is 7.56. The molecule has 0 radical (unpaired) electrons. The number of hydrogen-bond donors (Lipinski definition) is 0. The van der Waals surface area contributed by atoms with E-state index in [9.17, 15) is 0 Å². The largest absolute Gasteiger partial charge is 1.00 e. The SMILES string of the molecule is CCC1[CH-]C(C)CCC1.[Li+]. The minimum atomic E-state index is 0. The van der Waals surface area contributed by atoms with Crippen molar-refractivity contribution in [2.75, 3.05) is 0 Å². The molecule has 1 rings (SSSR count). The molecule has 2 atom stereocenters. The van der Waals surface area contributed by atoms with E-state index < -0.39 is 0 Å². The molecule has 10 heavy (non-hydrogen) atoms. The van der Waals surface area contributed by atoms with Crippen molar-refractivity contribution in [1.29, 1.82) is 0 Å². The molecule has 0 bridgehead atoms. The molecule has 0 heterocycles. The Labute approximate surface area is 77.0 Å². The average Bonchev–Trinajstić information content (AvgIpc) is 1.88. The second-order valence-electron chi connectivity index (χ2n) is 3.27. The van der Waals surface area contributed by atoms with Crippen molar-refractivity contribution in [2.24, 2.45) is 11.8 Å². The maximum Gasteiger partial charge on any atom is 1.00 e. The minimum Gasteiger partial charge on any atom is -0.323 e. The van der Waals surface area contributed by atoms with E-state index in [1.807, 2.05) is 0 Å². The van der Waals surface area contributed by atoms with Gasteiger partial charge in [0, 0.05) is 0 Å². The van der Waals surface area contributed by atoms with Crippen LogP contribution in [0, 0.1) is 18.3 Å². The molecule has 0 N–H and O–H groups in total. The Hall–Kier alpha value is 0.597. The van der Waals surface area contributed by atoms with Crippen LogP contribution in [-0.4, -0.2) is 0 Å². The fraction of sp³-hybridized carbons (Fsp3) is 0.889. The van der Waals surface area contributed by atoms with Gasteiger partial charge in [-0.25, -0.2) is 0 Å². The van der Waals surface area contributed by atoms with E-state index in [0.717, 1.165) is 11.8 Å². The predicted molar refractivity (Wildman–Crippen MR) is 41.1 cm³/mol. The summed E-state index contributed by atoms with van der Waals surface area (Å²) in [6.45, 7) is 4.63. The Morgan fingerprint density at radius 3 is 2.50 bits per heavy atom. The van der Waals surface area contributed by atoms with Crippen molar-refractivity contribution in [3.05, 3.63) is 6.42 Å². The van der Waals surface area contributed by atoms with Crippen LogP contribution in [-0.2, 0) is 0 Å². The van der Waals surface area contributed by atoms with Crippen molar-refractivity contribution in [3.63, 3.8) is 0 Å². The van der Waals surface area contributed by atoms with E-state index in [4.69, 9.17) is 0 Å². The van der Waals surface area contributed by atoms with Gasteiger partial charge < -0.3 is 6.42 Å². The first kappa shape index (κ1) is 10.6. The van der Waals surface area contributed by atoms with Gasteiger partial charge in [0.15, 0.2) is 0 Å². The second kappa shape index (κ2) is 5.27. The molecule has 0 aromatic carbocycles. The average molecular weight is 132 g/mol. The van der Waals surface area contributed by atoms with Gasteiger partial charge in [-0.2, -0.15) is 11.8 Å². The summed E-state index contributed by atoms with van der Waals surface area (Å²) in [4.78, 5) is 0. The Kier molecular flexibility index (Phi) is 5.59. The first-order valence-electron chi connectivity index (χ1n) is 4.18. The molecule has 0 amide bonds. The Balaban J connectivity index is 0.000000810. The fourth-order valence-electron chi connectivity index (χ4n) is 1.70. The molecule has 0 nitrogen and oxygen atoms in total. The summed E-state index contributed by atoms with van der Waals surface area (Å²) in [7, 11) is 0. The van der Waals surface area contributed by atoms with Gasteiger partial charge in [-0.3, -0.25) is 0 Å². The van der Waals surface area contributed by atoms with Gasteiger partial charge in [-0.05, 0) is 0 Å². The summed E-state index contributed by atoms with van der Waals surface area (Å²) >= 11 is 0. The maximum atomic E-state index is 2.53. The van der Waals surface area contributed by atoms with E-state index in [-0.39, 0.29) is 18.9 Å². The van der Waals surface area contributed by atoms with E-state index in [0.29, 0.717) is 0 Å². The van der Waals surface area contributed by atoms with Crippen LogP contribution < -0.4 is 18.9 Å². The van der Waals surface area contributed by atoms with Crippen LogP contribution in [0.1, 0.15) is 39.5 Å². The summed E-state index contributed by atoms with van der Waals surface area (Å²) in [5.74, 6) is 1.83. The van der Waals surface area contributed by atoms with Gasteiger partial charge in [-0.15, -0.1) is 0 Å². The van der Waals surface area contributed by atoms with Crippen LogP contribution in [0.15, 0.2) is 0 Å². The van der Waals surface area contributed by atoms with Crippen LogP contribution in [0.3, 0.4) is 0 Å². The molecule has 1 heteroatoms. The maximum absolute atomic E-state index is 2.53. The smallest absolute Gasteiger partial charge is 0.323 e. The molecule has 0 saturated heterocycles. The van der Waals surface area contributed by atoms with Gasteiger partial charge in [0.05, 0.1) is 0 Å². The van der Waals surface area contributed by atoms with Crippen LogP contribution in [0.5, 0.6) is 0 Å². The fourth-order valence-corrected chi connectivity index (χ4v) is 1.70. The third-order valence-corrected chi connectivity index (χ3v) is 2.36. The monoisotopic (exact) mass is 132 g/mol. The Morgan fingerprint density at radius 1 is 1.40 bits per heavy atom. The molecule has 1 saturated carbocycles. The summed E-state index contributed by atoms with van der Waals surface area (Å²) < 4.78 is 0. The van der Waals surface area contributed by atoms with Crippen molar-refractivity contribution >= 4 is 0 Å². The molecular formula is C9H17Li. The normalized spacial score (nSPS) is 33.0.